The van der Waals surface area contributed by atoms with Gasteiger partial charge in [-0.3, -0.25) is 14.4 Å². The van der Waals surface area contributed by atoms with E-state index in [9.17, 15) is 14.4 Å². The van der Waals surface area contributed by atoms with Crippen molar-refractivity contribution in [3.8, 4) is 0 Å². The number of anilines is 1. The number of hydrogen-bond acceptors (Lipinski definition) is 5. The van der Waals surface area contributed by atoms with Crippen molar-refractivity contribution in [3.63, 3.8) is 0 Å². The number of fused-ring (bicyclic) bond motifs is 1. The van der Waals surface area contributed by atoms with E-state index in [0.717, 1.165) is 0 Å². The minimum Gasteiger partial charge on any atom is -0.382 e. The first-order chi connectivity index (χ1) is 10.1. The number of ether oxygens (including phenoxy) is 2. The van der Waals surface area contributed by atoms with Crippen LogP contribution in [0.2, 0.25) is 0 Å². The quantitative estimate of drug-likeness (QED) is 0.505. The highest BCUT2D eigenvalue weighted by Gasteiger charge is 2.05. The number of H-pyrrole nitrogens is 2. The molecular formula is C13H15N3O5. The van der Waals surface area contributed by atoms with Crippen molar-refractivity contribution in [2.45, 2.75) is 0 Å². The van der Waals surface area contributed by atoms with Crippen LogP contribution in [0.3, 0.4) is 0 Å². The number of aromatic amines is 2. The number of methoxy groups -OCH3 is 1. The fourth-order valence-corrected chi connectivity index (χ4v) is 1.70. The van der Waals surface area contributed by atoms with E-state index in [4.69, 9.17) is 9.47 Å². The molecule has 2 rings (SSSR count). The average molecular weight is 293 g/mol. The first-order valence-electron chi connectivity index (χ1n) is 6.23. The summed E-state index contributed by atoms with van der Waals surface area (Å²) in [5.74, 6) is -0.322. The minimum atomic E-state index is -0.742. The van der Waals surface area contributed by atoms with E-state index in [0.29, 0.717) is 29.9 Å². The molecule has 112 valence electrons. The molecule has 0 aliphatic carbocycles. The number of rotatable bonds is 6. The molecule has 2 aromatic rings. The fourth-order valence-electron chi connectivity index (χ4n) is 1.70. The Morgan fingerprint density at radius 3 is 2.57 bits per heavy atom. The van der Waals surface area contributed by atoms with Crippen molar-refractivity contribution in [1.82, 2.24) is 9.97 Å². The zero-order valence-electron chi connectivity index (χ0n) is 11.4. The van der Waals surface area contributed by atoms with Gasteiger partial charge in [0.1, 0.15) is 6.61 Å². The Morgan fingerprint density at radius 2 is 1.86 bits per heavy atom. The Labute approximate surface area is 119 Å². The molecule has 8 nitrogen and oxygen atoms in total. The summed E-state index contributed by atoms with van der Waals surface area (Å²) in [6, 6.07) is 4.76. The lowest BCUT2D eigenvalue weighted by Crippen LogP contribution is -2.29. The number of carbonyl (C=O) groups is 1. The Balaban J connectivity index is 2.05. The summed E-state index contributed by atoms with van der Waals surface area (Å²) in [6.45, 7) is 0.650. The maximum atomic E-state index is 11.6. The number of nitrogens with one attached hydrogen (secondary N) is 3. The first kappa shape index (κ1) is 14.9. The smallest absolute Gasteiger partial charge is 0.314 e. The molecule has 0 saturated heterocycles. The lowest BCUT2D eigenvalue weighted by molar-refractivity contribution is -0.121. The third kappa shape index (κ3) is 4.01. The largest absolute Gasteiger partial charge is 0.382 e. The van der Waals surface area contributed by atoms with Gasteiger partial charge in [0, 0.05) is 12.8 Å². The van der Waals surface area contributed by atoms with Gasteiger partial charge in [0.2, 0.25) is 5.91 Å². The summed E-state index contributed by atoms with van der Waals surface area (Å²) in [5, 5.41) is 2.63. The molecule has 3 N–H and O–H groups in total. The van der Waals surface area contributed by atoms with Crippen LogP contribution in [0, 0.1) is 0 Å². The standard InChI is InChI=1S/C13H15N3O5/c1-20-4-5-21-7-11(17)14-8-2-3-9-10(6-8)16-13(19)12(18)15-9/h2-3,6H,4-5,7H2,1H3,(H,14,17)(H,15,18)(H,16,19). The topological polar surface area (TPSA) is 113 Å². The lowest BCUT2D eigenvalue weighted by Gasteiger charge is -2.07. The van der Waals surface area contributed by atoms with Crippen LogP contribution in [0.4, 0.5) is 5.69 Å². The van der Waals surface area contributed by atoms with Crippen molar-refractivity contribution < 1.29 is 14.3 Å². The van der Waals surface area contributed by atoms with E-state index in [1.807, 2.05) is 0 Å². The van der Waals surface area contributed by atoms with Crippen LogP contribution in [0.25, 0.3) is 11.0 Å². The van der Waals surface area contributed by atoms with Gasteiger partial charge in [-0.15, -0.1) is 0 Å². The molecule has 1 heterocycles. The maximum absolute atomic E-state index is 11.6. The molecule has 0 radical (unpaired) electrons. The predicted molar refractivity (Wildman–Crippen MR) is 76.5 cm³/mol. The third-order valence-corrected chi connectivity index (χ3v) is 2.67. The zero-order chi connectivity index (χ0) is 15.2. The lowest BCUT2D eigenvalue weighted by atomic mass is 10.2. The Morgan fingerprint density at radius 1 is 1.14 bits per heavy atom. The van der Waals surface area contributed by atoms with Crippen LogP contribution in [0.15, 0.2) is 27.8 Å². The van der Waals surface area contributed by atoms with Gasteiger partial charge in [-0.1, -0.05) is 0 Å². The van der Waals surface area contributed by atoms with Crippen LogP contribution in [0.5, 0.6) is 0 Å². The highest BCUT2D eigenvalue weighted by atomic mass is 16.5. The molecular weight excluding hydrogens is 278 g/mol. The van der Waals surface area contributed by atoms with Gasteiger partial charge >= 0.3 is 11.1 Å². The van der Waals surface area contributed by atoms with Gasteiger partial charge in [-0.05, 0) is 18.2 Å². The molecule has 0 spiro atoms. The van der Waals surface area contributed by atoms with Crippen LogP contribution in [-0.4, -0.2) is 42.8 Å². The summed E-state index contributed by atoms with van der Waals surface area (Å²) < 4.78 is 9.88. The van der Waals surface area contributed by atoms with Crippen LogP contribution in [0.1, 0.15) is 0 Å². The summed E-state index contributed by atoms with van der Waals surface area (Å²) in [6.07, 6.45) is 0. The molecule has 0 aliphatic rings. The van der Waals surface area contributed by atoms with Crippen molar-refractivity contribution in [1.29, 1.82) is 0 Å². The Bertz CT molecular complexity index is 749. The molecule has 0 unspecified atom stereocenters. The molecule has 0 saturated carbocycles. The van der Waals surface area contributed by atoms with Crippen molar-refractivity contribution >= 4 is 22.6 Å². The zero-order valence-corrected chi connectivity index (χ0v) is 11.4. The van der Waals surface area contributed by atoms with E-state index in [2.05, 4.69) is 15.3 Å². The molecule has 1 aromatic carbocycles. The summed E-state index contributed by atoms with van der Waals surface area (Å²) >= 11 is 0. The van der Waals surface area contributed by atoms with E-state index >= 15 is 0 Å². The fraction of sp³-hybridized carbons (Fsp3) is 0.308. The summed E-state index contributed by atoms with van der Waals surface area (Å²) in [5.41, 5.74) is -0.0584. The monoisotopic (exact) mass is 293 g/mol. The molecule has 0 fully saturated rings. The molecule has 8 heteroatoms. The van der Waals surface area contributed by atoms with Crippen molar-refractivity contribution in [3.05, 3.63) is 38.9 Å². The van der Waals surface area contributed by atoms with Crippen LogP contribution < -0.4 is 16.4 Å². The molecule has 1 amide bonds. The molecule has 0 aliphatic heterocycles. The highest BCUT2D eigenvalue weighted by molar-refractivity contribution is 5.93. The SMILES string of the molecule is COCCOCC(=O)Nc1ccc2[nH]c(=O)c(=O)[nH]c2c1. The first-order valence-corrected chi connectivity index (χ1v) is 6.23. The number of aromatic nitrogens is 2. The second kappa shape index (κ2) is 6.82. The molecule has 1 aromatic heterocycles. The molecule has 0 bridgehead atoms. The number of benzene rings is 1. The molecule has 0 atom stereocenters. The summed E-state index contributed by atoms with van der Waals surface area (Å²) in [7, 11) is 1.55. The number of carbonyl (C=O) groups excluding carboxylic acids is 1. The minimum absolute atomic E-state index is 0.0937. The number of hydrogen-bond donors (Lipinski definition) is 3. The van der Waals surface area contributed by atoms with Crippen molar-refractivity contribution in [2.75, 3.05) is 32.2 Å². The van der Waals surface area contributed by atoms with Crippen LogP contribution in [-0.2, 0) is 14.3 Å². The predicted octanol–water partition coefficient (Wildman–Crippen LogP) is -0.182. The van der Waals surface area contributed by atoms with Gasteiger partial charge in [-0.25, -0.2) is 0 Å². The Kier molecular flexibility index (Phi) is 4.85. The maximum Gasteiger partial charge on any atom is 0.314 e. The summed E-state index contributed by atoms with van der Waals surface area (Å²) in [4.78, 5) is 38.9. The van der Waals surface area contributed by atoms with E-state index < -0.39 is 11.1 Å². The highest BCUT2D eigenvalue weighted by Crippen LogP contribution is 2.13. The Hall–Kier alpha value is -2.45. The van der Waals surface area contributed by atoms with Crippen LogP contribution >= 0.6 is 0 Å². The second-order valence-electron chi connectivity index (χ2n) is 4.26. The van der Waals surface area contributed by atoms with E-state index in [1.54, 1.807) is 25.3 Å². The average Bonchev–Trinajstić information content (AvgIpc) is 2.45. The molecule has 21 heavy (non-hydrogen) atoms. The van der Waals surface area contributed by atoms with Gasteiger partial charge in [0.05, 0.1) is 24.2 Å². The third-order valence-electron chi connectivity index (χ3n) is 2.67. The van der Waals surface area contributed by atoms with E-state index in [-0.39, 0.29) is 12.5 Å². The van der Waals surface area contributed by atoms with Crippen molar-refractivity contribution in [2.24, 2.45) is 0 Å². The normalized spacial score (nSPS) is 10.7. The van der Waals surface area contributed by atoms with Gasteiger partial charge in [0.25, 0.3) is 0 Å². The van der Waals surface area contributed by atoms with Gasteiger partial charge < -0.3 is 24.8 Å². The van der Waals surface area contributed by atoms with Gasteiger partial charge in [0.15, 0.2) is 0 Å². The number of amides is 1. The van der Waals surface area contributed by atoms with Gasteiger partial charge in [-0.2, -0.15) is 0 Å². The van der Waals surface area contributed by atoms with E-state index in [1.165, 1.54) is 0 Å². The second-order valence-corrected chi connectivity index (χ2v) is 4.26.